The molecule has 0 aliphatic rings. The van der Waals surface area contributed by atoms with Gasteiger partial charge in [-0.3, -0.25) is 5.41 Å². The number of alkyl halides is 3. The van der Waals surface area contributed by atoms with Gasteiger partial charge in [0.05, 0.1) is 5.56 Å². The molecule has 0 aliphatic heterocycles. The van der Waals surface area contributed by atoms with Crippen LogP contribution < -0.4 is 5.73 Å². The van der Waals surface area contributed by atoms with E-state index >= 15 is 0 Å². The van der Waals surface area contributed by atoms with E-state index in [9.17, 15) is 13.2 Å². The highest BCUT2D eigenvalue weighted by Gasteiger charge is 2.31. The lowest BCUT2D eigenvalue weighted by Crippen LogP contribution is -2.15. The molecule has 5 nitrogen and oxygen atoms in total. The minimum absolute atomic E-state index is 0.0211. The molecule has 0 radical (unpaired) electrons. The lowest BCUT2D eigenvalue weighted by Gasteiger charge is -2.12. The molecule has 0 unspecified atom stereocenters. The van der Waals surface area contributed by atoms with Gasteiger partial charge in [-0.1, -0.05) is 0 Å². The van der Waals surface area contributed by atoms with Crippen molar-refractivity contribution in [2.45, 2.75) is 16.2 Å². The quantitative estimate of drug-likeness (QED) is 0.673. The minimum atomic E-state index is -4.47. The summed E-state index contributed by atoms with van der Waals surface area (Å²) in [5.41, 5.74) is 4.53. The smallest absolute Gasteiger partial charge is 0.384 e. The molecule has 1 aromatic carbocycles. The molecule has 0 saturated carbocycles. The molecule has 106 valence electrons. The van der Waals surface area contributed by atoms with E-state index in [1.807, 2.05) is 0 Å². The van der Waals surface area contributed by atoms with Crippen LogP contribution in [0.5, 0.6) is 0 Å². The van der Waals surface area contributed by atoms with Crippen molar-refractivity contribution in [1.29, 1.82) is 5.41 Å². The summed E-state index contributed by atoms with van der Waals surface area (Å²) < 4.78 is 39.6. The SMILES string of the molecule is Cn1cnnc1Sc1ccc(C(F)(F)F)cc1C(=N)N. The molecule has 0 saturated heterocycles. The van der Waals surface area contributed by atoms with E-state index in [1.54, 1.807) is 11.6 Å². The number of aromatic nitrogens is 3. The summed E-state index contributed by atoms with van der Waals surface area (Å²) in [7, 11) is 1.71. The molecule has 1 heterocycles. The predicted molar refractivity (Wildman–Crippen MR) is 67.6 cm³/mol. The highest BCUT2D eigenvalue weighted by atomic mass is 32.2. The number of hydrogen-bond donors (Lipinski definition) is 2. The van der Waals surface area contributed by atoms with E-state index in [2.05, 4.69) is 10.2 Å². The molecule has 0 aliphatic carbocycles. The standard InChI is InChI=1S/C11H10F3N5S/c1-19-5-17-18-10(19)20-8-3-2-6(11(12,13)14)4-7(8)9(15)16/h2-5H,1H3,(H3,15,16). The zero-order valence-electron chi connectivity index (χ0n) is 10.3. The van der Waals surface area contributed by atoms with Crippen LogP contribution in [0.1, 0.15) is 11.1 Å². The average Bonchev–Trinajstić information content (AvgIpc) is 2.74. The first-order valence-electron chi connectivity index (χ1n) is 5.36. The largest absolute Gasteiger partial charge is 0.416 e. The van der Waals surface area contributed by atoms with Crippen LogP contribution in [-0.2, 0) is 13.2 Å². The highest BCUT2D eigenvalue weighted by Crippen LogP contribution is 2.34. The number of nitrogens with zero attached hydrogens (tertiary/aromatic N) is 3. The Hall–Kier alpha value is -2.03. The topological polar surface area (TPSA) is 80.6 Å². The molecule has 3 N–H and O–H groups in total. The Morgan fingerprint density at radius 2 is 2.10 bits per heavy atom. The summed E-state index contributed by atoms with van der Waals surface area (Å²) in [6.45, 7) is 0. The lowest BCUT2D eigenvalue weighted by atomic mass is 10.1. The van der Waals surface area contributed by atoms with Crippen molar-refractivity contribution in [3.05, 3.63) is 35.7 Å². The van der Waals surface area contributed by atoms with Crippen molar-refractivity contribution >= 4 is 17.6 Å². The number of amidine groups is 1. The zero-order chi connectivity index (χ0) is 14.9. The monoisotopic (exact) mass is 301 g/mol. The van der Waals surface area contributed by atoms with E-state index in [4.69, 9.17) is 11.1 Å². The predicted octanol–water partition coefficient (Wildman–Crippen LogP) is 2.27. The number of benzene rings is 1. The Morgan fingerprint density at radius 3 is 2.60 bits per heavy atom. The van der Waals surface area contributed by atoms with E-state index in [0.717, 1.165) is 23.9 Å². The first-order chi connectivity index (χ1) is 9.29. The van der Waals surface area contributed by atoms with Crippen LogP contribution in [0.15, 0.2) is 34.6 Å². The number of hydrogen-bond acceptors (Lipinski definition) is 4. The number of rotatable bonds is 3. The fourth-order valence-electron chi connectivity index (χ4n) is 1.47. The van der Waals surface area contributed by atoms with Crippen LogP contribution in [0.4, 0.5) is 13.2 Å². The molecule has 2 rings (SSSR count). The van der Waals surface area contributed by atoms with Crippen LogP contribution in [-0.4, -0.2) is 20.6 Å². The summed E-state index contributed by atoms with van der Waals surface area (Å²) in [5.74, 6) is -0.430. The Kier molecular flexibility index (Phi) is 3.71. The summed E-state index contributed by atoms with van der Waals surface area (Å²) in [6, 6.07) is 3.09. The molecule has 0 spiro atoms. The maximum Gasteiger partial charge on any atom is 0.416 e. The van der Waals surface area contributed by atoms with Gasteiger partial charge in [-0.05, 0) is 30.0 Å². The van der Waals surface area contributed by atoms with Gasteiger partial charge in [0.1, 0.15) is 12.2 Å². The molecule has 0 amide bonds. The van der Waals surface area contributed by atoms with Crippen LogP contribution in [0, 0.1) is 5.41 Å². The Bertz CT molecular complexity index is 650. The van der Waals surface area contributed by atoms with E-state index in [-0.39, 0.29) is 5.56 Å². The molecule has 0 bridgehead atoms. The van der Waals surface area contributed by atoms with E-state index < -0.39 is 17.6 Å². The van der Waals surface area contributed by atoms with Gasteiger partial charge in [0.2, 0.25) is 0 Å². The Balaban J connectivity index is 2.43. The number of halogens is 3. The van der Waals surface area contributed by atoms with E-state index in [0.29, 0.717) is 10.1 Å². The third-order valence-electron chi connectivity index (χ3n) is 2.47. The number of nitrogens with one attached hydrogen (secondary N) is 1. The van der Waals surface area contributed by atoms with Gasteiger partial charge in [-0.2, -0.15) is 13.2 Å². The van der Waals surface area contributed by atoms with Gasteiger partial charge in [-0.25, -0.2) is 0 Å². The second-order valence-corrected chi connectivity index (χ2v) is 4.96. The van der Waals surface area contributed by atoms with Crippen molar-refractivity contribution in [1.82, 2.24) is 14.8 Å². The van der Waals surface area contributed by atoms with Gasteiger partial charge in [0, 0.05) is 17.5 Å². The summed E-state index contributed by atoms with van der Waals surface area (Å²) >= 11 is 1.10. The molecule has 2 aromatic rings. The highest BCUT2D eigenvalue weighted by molar-refractivity contribution is 7.99. The molecule has 20 heavy (non-hydrogen) atoms. The van der Waals surface area contributed by atoms with E-state index in [1.165, 1.54) is 12.4 Å². The molecule has 1 aromatic heterocycles. The molecule has 0 fully saturated rings. The third kappa shape index (κ3) is 2.93. The molecular formula is C11H10F3N5S. The first kappa shape index (κ1) is 14.4. The van der Waals surface area contributed by atoms with Crippen LogP contribution in [0.2, 0.25) is 0 Å². The number of nitrogens with two attached hydrogens (primary N) is 1. The van der Waals surface area contributed by atoms with Crippen LogP contribution in [0.3, 0.4) is 0 Å². The third-order valence-corrected chi connectivity index (χ3v) is 3.60. The maximum absolute atomic E-state index is 12.7. The van der Waals surface area contributed by atoms with Crippen LogP contribution >= 0.6 is 11.8 Å². The number of aryl methyl sites for hydroxylation is 1. The normalized spacial score (nSPS) is 11.6. The first-order valence-corrected chi connectivity index (χ1v) is 6.18. The van der Waals surface area contributed by atoms with Crippen LogP contribution in [0.25, 0.3) is 0 Å². The van der Waals surface area contributed by atoms with Gasteiger partial charge >= 0.3 is 6.18 Å². The van der Waals surface area contributed by atoms with Gasteiger partial charge in [-0.15, -0.1) is 10.2 Å². The second-order valence-electron chi connectivity index (χ2n) is 3.95. The summed E-state index contributed by atoms with van der Waals surface area (Å²) in [6.07, 6.45) is -3.00. The average molecular weight is 301 g/mol. The maximum atomic E-state index is 12.7. The van der Waals surface area contributed by atoms with Gasteiger partial charge in [0.15, 0.2) is 5.16 Å². The van der Waals surface area contributed by atoms with Crippen molar-refractivity contribution in [2.75, 3.05) is 0 Å². The minimum Gasteiger partial charge on any atom is -0.384 e. The molecule has 9 heteroatoms. The molecular weight excluding hydrogens is 291 g/mol. The lowest BCUT2D eigenvalue weighted by molar-refractivity contribution is -0.137. The summed E-state index contributed by atoms with van der Waals surface area (Å²) in [5, 5.41) is 15.4. The molecule has 0 atom stereocenters. The van der Waals surface area contributed by atoms with Crippen molar-refractivity contribution in [2.24, 2.45) is 12.8 Å². The van der Waals surface area contributed by atoms with Crippen molar-refractivity contribution in [3.8, 4) is 0 Å². The number of nitrogen functional groups attached to an aromatic ring is 1. The Labute approximate surface area is 116 Å². The zero-order valence-corrected chi connectivity index (χ0v) is 11.1. The van der Waals surface area contributed by atoms with Crippen molar-refractivity contribution < 1.29 is 13.2 Å². The fourth-order valence-corrected chi connectivity index (χ4v) is 2.36. The van der Waals surface area contributed by atoms with Gasteiger partial charge in [0.25, 0.3) is 0 Å². The Morgan fingerprint density at radius 1 is 1.40 bits per heavy atom. The second kappa shape index (κ2) is 5.16. The van der Waals surface area contributed by atoms with Crippen molar-refractivity contribution in [3.63, 3.8) is 0 Å². The fraction of sp³-hybridized carbons (Fsp3) is 0.182. The summed E-state index contributed by atoms with van der Waals surface area (Å²) in [4.78, 5) is 0.418. The van der Waals surface area contributed by atoms with Gasteiger partial charge < -0.3 is 10.3 Å².